The highest BCUT2D eigenvalue weighted by Crippen LogP contribution is 2.27. The van der Waals surface area contributed by atoms with E-state index in [0.29, 0.717) is 17.9 Å². The molecule has 14 heavy (non-hydrogen) atoms. The fourth-order valence-electron chi connectivity index (χ4n) is 2.10. The van der Waals surface area contributed by atoms with Gasteiger partial charge in [-0.3, -0.25) is 4.79 Å². The molecule has 80 valence electrons. The molecule has 0 spiro atoms. The van der Waals surface area contributed by atoms with E-state index in [-0.39, 0.29) is 5.91 Å². The van der Waals surface area contributed by atoms with E-state index in [2.05, 4.69) is 27.4 Å². The van der Waals surface area contributed by atoms with Gasteiger partial charge < -0.3 is 4.90 Å². The minimum absolute atomic E-state index is 0.0860. The Morgan fingerprint density at radius 2 is 2.14 bits per heavy atom. The highest BCUT2D eigenvalue weighted by atomic mass is 16.2. The molecule has 1 heterocycles. The summed E-state index contributed by atoms with van der Waals surface area (Å²) in [4.78, 5) is 13.5. The van der Waals surface area contributed by atoms with Crippen LogP contribution in [-0.2, 0) is 4.79 Å². The second kappa shape index (κ2) is 4.63. The van der Waals surface area contributed by atoms with Crippen LogP contribution in [0.1, 0.15) is 33.6 Å². The maximum Gasteiger partial charge on any atom is 0.246 e. The zero-order valence-corrected chi connectivity index (χ0v) is 9.49. The van der Waals surface area contributed by atoms with Crippen LogP contribution >= 0.6 is 0 Å². The Kier molecular flexibility index (Phi) is 3.73. The highest BCUT2D eigenvalue weighted by Gasteiger charge is 2.28. The third kappa shape index (κ3) is 2.37. The second-order valence-electron chi connectivity index (χ2n) is 4.63. The van der Waals surface area contributed by atoms with Crippen molar-refractivity contribution in [1.82, 2.24) is 4.90 Å². The molecule has 0 N–H and O–H groups in total. The van der Waals surface area contributed by atoms with Crippen LogP contribution < -0.4 is 0 Å². The maximum absolute atomic E-state index is 11.6. The first-order valence-corrected chi connectivity index (χ1v) is 5.49. The fraction of sp³-hybridized carbons (Fsp3) is 0.750. The predicted octanol–water partition coefficient (Wildman–Crippen LogP) is 2.46. The van der Waals surface area contributed by atoms with Crippen molar-refractivity contribution in [3.05, 3.63) is 12.7 Å². The van der Waals surface area contributed by atoms with Gasteiger partial charge >= 0.3 is 0 Å². The summed E-state index contributed by atoms with van der Waals surface area (Å²) in [5, 5.41) is 0. The number of piperidine rings is 1. The van der Waals surface area contributed by atoms with Gasteiger partial charge in [0.25, 0.3) is 0 Å². The minimum atomic E-state index is 0.0860. The number of nitrogens with zero attached hydrogens (tertiary/aromatic N) is 1. The topological polar surface area (TPSA) is 20.3 Å². The quantitative estimate of drug-likeness (QED) is 0.620. The van der Waals surface area contributed by atoms with Gasteiger partial charge in [0.15, 0.2) is 0 Å². The molecular weight excluding hydrogens is 174 g/mol. The van der Waals surface area contributed by atoms with E-state index in [9.17, 15) is 4.79 Å². The molecule has 2 heteroatoms. The van der Waals surface area contributed by atoms with E-state index < -0.39 is 0 Å². The van der Waals surface area contributed by atoms with Gasteiger partial charge in [-0.2, -0.15) is 0 Å². The molecule has 2 nitrogen and oxygen atoms in total. The molecule has 1 aliphatic rings. The number of hydrogen-bond acceptors (Lipinski definition) is 1. The summed E-state index contributed by atoms with van der Waals surface area (Å²) in [6, 6.07) is 0.385. The lowest BCUT2D eigenvalue weighted by atomic mass is 9.85. The summed E-state index contributed by atoms with van der Waals surface area (Å²) < 4.78 is 0. The average molecular weight is 195 g/mol. The standard InChI is InChI=1S/C12H21NO/c1-5-12(14)13-8-11(9(2)3)7-6-10(13)4/h5,9-11H,1,6-8H2,2-4H3. The zero-order chi connectivity index (χ0) is 10.7. The van der Waals surface area contributed by atoms with Crippen molar-refractivity contribution in [3.8, 4) is 0 Å². The summed E-state index contributed by atoms with van der Waals surface area (Å²) in [6.45, 7) is 11.0. The van der Waals surface area contributed by atoms with Crippen molar-refractivity contribution in [1.29, 1.82) is 0 Å². The van der Waals surface area contributed by atoms with Gasteiger partial charge in [0.1, 0.15) is 0 Å². The number of amides is 1. The molecule has 1 amide bonds. The predicted molar refractivity (Wildman–Crippen MR) is 58.9 cm³/mol. The second-order valence-corrected chi connectivity index (χ2v) is 4.63. The molecule has 0 aliphatic carbocycles. The van der Waals surface area contributed by atoms with Crippen LogP contribution in [0.25, 0.3) is 0 Å². The first kappa shape index (κ1) is 11.3. The average Bonchev–Trinajstić information content (AvgIpc) is 2.17. The molecule has 0 bridgehead atoms. The summed E-state index contributed by atoms with van der Waals surface area (Å²) in [7, 11) is 0. The SMILES string of the molecule is C=CC(=O)N1CC(C(C)C)CCC1C. The van der Waals surface area contributed by atoms with E-state index in [4.69, 9.17) is 0 Å². The first-order valence-electron chi connectivity index (χ1n) is 5.49. The molecule has 0 aromatic rings. The van der Waals surface area contributed by atoms with Crippen molar-refractivity contribution in [2.45, 2.75) is 39.7 Å². The van der Waals surface area contributed by atoms with Crippen LogP contribution in [0.4, 0.5) is 0 Å². The van der Waals surface area contributed by atoms with Crippen LogP contribution in [0, 0.1) is 11.8 Å². The molecule has 0 saturated carbocycles. The van der Waals surface area contributed by atoms with Gasteiger partial charge in [0.2, 0.25) is 5.91 Å². The summed E-state index contributed by atoms with van der Waals surface area (Å²) in [6.07, 6.45) is 3.81. The zero-order valence-electron chi connectivity index (χ0n) is 9.49. The molecule has 2 unspecified atom stereocenters. The van der Waals surface area contributed by atoms with E-state index in [1.54, 1.807) is 0 Å². The lowest BCUT2D eigenvalue weighted by molar-refractivity contribution is -0.130. The number of hydrogen-bond donors (Lipinski definition) is 0. The van der Waals surface area contributed by atoms with Crippen molar-refractivity contribution in [3.63, 3.8) is 0 Å². The van der Waals surface area contributed by atoms with Gasteiger partial charge in [-0.1, -0.05) is 20.4 Å². The summed E-state index contributed by atoms with van der Waals surface area (Å²) in [5.74, 6) is 1.42. The van der Waals surface area contributed by atoms with Gasteiger partial charge in [-0.15, -0.1) is 0 Å². The summed E-state index contributed by atoms with van der Waals surface area (Å²) in [5.41, 5.74) is 0. The molecule has 1 fully saturated rings. The third-order valence-corrected chi connectivity index (χ3v) is 3.32. The van der Waals surface area contributed by atoms with Crippen molar-refractivity contribution in [2.24, 2.45) is 11.8 Å². The molecule has 1 rings (SSSR count). The number of likely N-dealkylation sites (tertiary alicyclic amines) is 1. The van der Waals surface area contributed by atoms with E-state index >= 15 is 0 Å². The smallest absolute Gasteiger partial charge is 0.246 e. The molecule has 0 aromatic heterocycles. The number of carbonyl (C=O) groups is 1. The van der Waals surface area contributed by atoms with Gasteiger partial charge in [-0.05, 0) is 37.7 Å². The van der Waals surface area contributed by atoms with Crippen LogP contribution in [0.5, 0.6) is 0 Å². The van der Waals surface area contributed by atoms with Crippen LogP contribution in [-0.4, -0.2) is 23.4 Å². The van der Waals surface area contributed by atoms with Crippen LogP contribution in [0.2, 0.25) is 0 Å². The normalized spacial score (nSPS) is 27.9. The lowest BCUT2D eigenvalue weighted by Gasteiger charge is -2.39. The monoisotopic (exact) mass is 195 g/mol. The molecular formula is C12H21NO. The Morgan fingerprint density at radius 3 is 2.64 bits per heavy atom. The largest absolute Gasteiger partial charge is 0.336 e. The van der Waals surface area contributed by atoms with Gasteiger partial charge in [0, 0.05) is 12.6 Å². The van der Waals surface area contributed by atoms with Crippen LogP contribution in [0.15, 0.2) is 12.7 Å². The summed E-state index contributed by atoms with van der Waals surface area (Å²) >= 11 is 0. The van der Waals surface area contributed by atoms with E-state index in [0.717, 1.165) is 13.0 Å². The maximum atomic E-state index is 11.6. The first-order chi connectivity index (χ1) is 6.56. The fourth-order valence-corrected chi connectivity index (χ4v) is 2.10. The highest BCUT2D eigenvalue weighted by molar-refractivity contribution is 5.87. The molecule has 1 aliphatic heterocycles. The lowest BCUT2D eigenvalue weighted by Crippen LogP contribution is -2.45. The molecule has 0 aromatic carbocycles. The van der Waals surface area contributed by atoms with E-state index in [1.807, 2.05) is 4.90 Å². The van der Waals surface area contributed by atoms with Crippen LogP contribution in [0.3, 0.4) is 0 Å². The Balaban J connectivity index is 2.64. The third-order valence-electron chi connectivity index (χ3n) is 3.32. The van der Waals surface area contributed by atoms with E-state index in [1.165, 1.54) is 12.5 Å². The Labute approximate surface area is 87.0 Å². The Bertz CT molecular complexity index is 222. The van der Waals surface area contributed by atoms with Crippen molar-refractivity contribution < 1.29 is 4.79 Å². The molecule has 0 radical (unpaired) electrons. The number of rotatable bonds is 2. The van der Waals surface area contributed by atoms with Crippen molar-refractivity contribution >= 4 is 5.91 Å². The number of carbonyl (C=O) groups excluding carboxylic acids is 1. The van der Waals surface area contributed by atoms with Gasteiger partial charge in [-0.25, -0.2) is 0 Å². The Hall–Kier alpha value is -0.790. The minimum Gasteiger partial charge on any atom is -0.336 e. The van der Waals surface area contributed by atoms with Crippen molar-refractivity contribution in [2.75, 3.05) is 6.54 Å². The molecule has 2 atom stereocenters. The molecule has 1 saturated heterocycles. The van der Waals surface area contributed by atoms with Gasteiger partial charge in [0.05, 0.1) is 0 Å². The Morgan fingerprint density at radius 1 is 1.50 bits per heavy atom.